The number of benzene rings is 1. The van der Waals surface area contributed by atoms with E-state index >= 15 is 0 Å². The van der Waals surface area contributed by atoms with Gasteiger partial charge in [0.05, 0.1) is 18.7 Å². The highest BCUT2D eigenvalue weighted by Gasteiger charge is 2.34. The van der Waals surface area contributed by atoms with Crippen LogP contribution in [0.25, 0.3) is 11.4 Å². The largest absolute Gasteiger partial charge is 0.496 e. The summed E-state index contributed by atoms with van der Waals surface area (Å²) >= 11 is 0. The van der Waals surface area contributed by atoms with Crippen molar-refractivity contribution < 1.29 is 9.26 Å². The van der Waals surface area contributed by atoms with Gasteiger partial charge < -0.3 is 9.26 Å². The van der Waals surface area contributed by atoms with E-state index in [1.165, 1.54) is 12.8 Å². The Bertz CT molecular complexity index is 630. The van der Waals surface area contributed by atoms with E-state index in [9.17, 15) is 0 Å². The van der Waals surface area contributed by atoms with Gasteiger partial charge in [-0.3, -0.25) is 4.90 Å². The molecule has 1 saturated heterocycles. The van der Waals surface area contributed by atoms with Gasteiger partial charge in [0, 0.05) is 12.1 Å². The number of hydrogen-bond donors (Lipinski definition) is 0. The number of ether oxygens (including phenoxy) is 1. The number of aromatic nitrogens is 2. The molecule has 1 aromatic heterocycles. The van der Waals surface area contributed by atoms with E-state index in [-0.39, 0.29) is 6.04 Å². The molecule has 5 heteroatoms. The van der Waals surface area contributed by atoms with Gasteiger partial charge in [-0.1, -0.05) is 17.3 Å². The summed E-state index contributed by atoms with van der Waals surface area (Å²) in [5.74, 6) is 2.01. The quantitative estimate of drug-likeness (QED) is 0.862. The standard InChI is InChI=1S/C17H23N3O2/c1-11-9-10-12(2)20(11)13(3)17-18-16(19-22-17)14-7-5-6-8-15(14)21-4/h5-8,11-13H,9-10H2,1-4H3/t11-,12-,13+/m1/s1. The van der Waals surface area contributed by atoms with Gasteiger partial charge in [-0.25, -0.2) is 0 Å². The fraction of sp³-hybridized carbons (Fsp3) is 0.529. The minimum atomic E-state index is 0.128. The number of hydrogen-bond acceptors (Lipinski definition) is 5. The predicted octanol–water partition coefficient (Wildman–Crippen LogP) is 3.68. The average molecular weight is 301 g/mol. The number of nitrogens with zero attached hydrogens (tertiary/aromatic N) is 3. The lowest BCUT2D eigenvalue weighted by molar-refractivity contribution is 0.128. The zero-order valence-electron chi connectivity index (χ0n) is 13.6. The van der Waals surface area contributed by atoms with Crippen molar-refractivity contribution in [3.63, 3.8) is 0 Å². The van der Waals surface area contributed by atoms with Gasteiger partial charge in [0.25, 0.3) is 0 Å². The molecule has 0 unspecified atom stereocenters. The topological polar surface area (TPSA) is 51.4 Å². The summed E-state index contributed by atoms with van der Waals surface area (Å²) in [6.45, 7) is 6.66. The van der Waals surface area contributed by atoms with Crippen LogP contribution in [-0.2, 0) is 0 Å². The monoisotopic (exact) mass is 301 g/mol. The minimum absolute atomic E-state index is 0.128. The lowest BCUT2D eigenvalue weighted by Gasteiger charge is -2.30. The van der Waals surface area contributed by atoms with E-state index in [1.807, 2.05) is 24.3 Å². The van der Waals surface area contributed by atoms with Crippen LogP contribution in [0.3, 0.4) is 0 Å². The van der Waals surface area contributed by atoms with Gasteiger partial charge in [-0.15, -0.1) is 0 Å². The van der Waals surface area contributed by atoms with Crippen LogP contribution in [0.2, 0.25) is 0 Å². The van der Waals surface area contributed by atoms with Crippen LogP contribution in [0.5, 0.6) is 5.75 Å². The Kier molecular flexibility index (Phi) is 4.16. The number of para-hydroxylation sites is 1. The third kappa shape index (κ3) is 2.61. The molecule has 0 bridgehead atoms. The van der Waals surface area contributed by atoms with Gasteiger partial charge in [0.15, 0.2) is 0 Å². The molecule has 2 aromatic rings. The maximum Gasteiger partial charge on any atom is 0.244 e. The zero-order chi connectivity index (χ0) is 15.7. The minimum Gasteiger partial charge on any atom is -0.496 e. The molecule has 118 valence electrons. The number of likely N-dealkylation sites (tertiary alicyclic amines) is 1. The van der Waals surface area contributed by atoms with Crippen LogP contribution >= 0.6 is 0 Å². The Morgan fingerprint density at radius 3 is 2.59 bits per heavy atom. The van der Waals surface area contributed by atoms with E-state index in [2.05, 4.69) is 35.8 Å². The maximum absolute atomic E-state index is 5.53. The first kappa shape index (κ1) is 15.0. The number of methoxy groups -OCH3 is 1. The molecular weight excluding hydrogens is 278 g/mol. The van der Waals surface area contributed by atoms with Gasteiger partial charge in [0.2, 0.25) is 11.7 Å². The molecule has 5 nitrogen and oxygen atoms in total. The Morgan fingerprint density at radius 2 is 1.91 bits per heavy atom. The van der Waals surface area contributed by atoms with Crippen LogP contribution in [0, 0.1) is 0 Å². The molecule has 0 aliphatic carbocycles. The summed E-state index contributed by atoms with van der Waals surface area (Å²) in [5, 5.41) is 4.14. The smallest absolute Gasteiger partial charge is 0.244 e. The maximum atomic E-state index is 5.53. The Labute approximate surface area is 131 Å². The molecule has 0 N–H and O–H groups in total. The first-order valence-electron chi connectivity index (χ1n) is 7.86. The van der Waals surface area contributed by atoms with Gasteiger partial charge in [-0.05, 0) is 45.7 Å². The molecule has 0 spiro atoms. The van der Waals surface area contributed by atoms with Gasteiger partial charge >= 0.3 is 0 Å². The Hall–Kier alpha value is -1.88. The summed E-state index contributed by atoms with van der Waals surface area (Å²) in [4.78, 5) is 7.06. The molecule has 1 aliphatic heterocycles. The second kappa shape index (κ2) is 6.08. The van der Waals surface area contributed by atoms with E-state index in [0.29, 0.717) is 23.8 Å². The summed E-state index contributed by atoms with van der Waals surface area (Å²) in [6, 6.07) is 8.95. The van der Waals surface area contributed by atoms with Crippen LogP contribution in [0.15, 0.2) is 28.8 Å². The normalized spacial score (nSPS) is 23.6. The molecule has 3 atom stereocenters. The molecular formula is C17H23N3O2. The molecule has 2 heterocycles. The predicted molar refractivity (Wildman–Crippen MR) is 84.7 cm³/mol. The van der Waals surface area contributed by atoms with Crippen molar-refractivity contribution in [1.82, 2.24) is 15.0 Å². The lowest BCUT2D eigenvalue weighted by atomic mass is 10.2. The molecule has 0 amide bonds. The van der Waals surface area contributed by atoms with E-state index in [4.69, 9.17) is 9.26 Å². The molecule has 1 fully saturated rings. The van der Waals surface area contributed by atoms with Gasteiger partial charge in [-0.2, -0.15) is 4.98 Å². The molecule has 0 radical (unpaired) electrons. The highest BCUT2D eigenvalue weighted by molar-refractivity contribution is 5.63. The fourth-order valence-corrected chi connectivity index (χ4v) is 3.45. The molecule has 1 aromatic carbocycles. The molecule has 3 rings (SSSR count). The summed E-state index contributed by atoms with van der Waals surface area (Å²) in [6.07, 6.45) is 2.44. The van der Waals surface area contributed by atoms with Crippen molar-refractivity contribution in [2.24, 2.45) is 0 Å². The van der Waals surface area contributed by atoms with Gasteiger partial charge in [0.1, 0.15) is 5.75 Å². The van der Waals surface area contributed by atoms with Crippen molar-refractivity contribution in [1.29, 1.82) is 0 Å². The fourth-order valence-electron chi connectivity index (χ4n) is 3.45. The Balaban J connectivity index is 1.87. The lowest BCUT2D eigenvalue weighted by Crippen LogP contribution is -2.35. The summed E-state index contributed by atoms with van der Waals surface area (Å²) < 4.78 is 10.9. The van der Waals surface area contributed by atoms with E-state index < -0.39 is 0 Å². The summed E-state index contributed by atoms with van der Waals surface area (Å²) in [7, 11) is 1.65. The Morgan fingerprint density at radius 1 is 1.23 bits per heavy atom. The van der Waals surface area contributed by atoms with Crippen molar-refractivity contribution in [2.45, 2.75) is 51.7 Å². The molecule has 22 heavy (non-hydrogen) atoms. The third-order valence-corrected chi connectivity index (χ3v) is 4.61. The van der Waals surface area contributed by atoms with Crippen LogP contribution < -0.4 is 4.74 Å². The van der Waals surface area contributed by atoms with Crippen LogP contribution in [0.4, 0.5) is 0 Å². The van der Waals surface area contributed by atoms with Crippen molar-refractivity contribution in [3.8, 4) is 17.1 Å². The van der Waals surface area contributed by atoms with Crippen molar-refractivity contribution >= 4 is 0 Å². The third-order valence-electron chi connectivity index (χ3n) is 4.61. The van der Waals surface area contributed by atoms with E-state index in [1.54, 1.807) is 7.11 Å². The highest BCUT2D eigenvalue weighted by Crippen LogP contribution is 2.34. The van der Waals surface area contributed by atoms with E-state index in [0.717, 1.165) is 11.3 Å². The highest BCUT2D eigenvalue weighted by atomic mass is 16.5. The SMILES string of the molecule is COc1ccccc1-c1noc([C@H](C)N2[C@H](C)CC[C@H]2C)n1. The first-order valence-corrected chi connectivity index (χ1v) is 7.86. The molecule has 1 aliphatic rings. The average Bonchev–Trinajstić information content (AvgIpc) is 3.14. The summed E-state index contributed by atoms with van der Waals surface area (Å²) in [5.41, 5.74) is 0.856. The molecule has 0 saturated carbocycles. The van der Waals surface area contributed by atoms with Crippen molar-refractivity contribution in [3.05, 3.63) is 30.2 Å². The second-order valence-corrected chi connectivity index (χ2v) is 6.06. The zero-order valence-corrected chi connectivity index (χ0v) is 13.6. The number of rotatable bonds is 4. The second-order valence-electron chi connectivity index (χ2n) is 6.06. The van der Waals surface area contributed by atoms with Crippen LogP contribution in [-0.4, -0.2) is 34.2 Å². The van der Waals surface area contributed by atoms with Crippen molar-refractivity contribution in [2.75, 3.05) is 7.11 Å². The first-order chi connectivity index (χ1) is 10.6. The van der Waals surface area contributed by atoms with Crippen LogP contribution in [0.1, 0.15) is 45.5 Å².